The maximum atomic E-state index is 6.15. The number of hydrogen-bond acceptors (Lipinski definition) is 3. The highest BCUT2D eigenvalue weighted by atomic mass is 16.5. The molecule has 118 valence electrons. The largest absolute Gasteiger partial charge is 0.465 e. The van der Waals surface area contributed by atoms with Crippen LogP contribution in [0, 0.1) is 12.8 Å². The average molecular weight is 300 g/mol. The van der Waals surface area contributed by atoms with E-state index in [1.54, 1.807) is 0 Å². The van der Waals surface area contributed by atoms with Gasteiger partial charge >= 0.3 is 0 Å². The molecule has 22 heavy (non-hydrogen) atoms. The summed E-state index contributed by atoms with van der Waals surface area (Å²) in [5.41, 5.74) is 0. The van der Waals surface area contributed by atoms with Gasteiger partial charge in [-0.2, -0.15) is 0 Å². The van der Waals surface area contributed by atoms with Gasteiger partial charge in [0.05, 0.1) is 19.3 Å². The predicted molar refractivity (Wildman–Crippen MR) is 84.5 cm³/mol. The van der Waals surface area contributed by atoms with Crippen LogP contribution < -0.4 is 0 Å². The number of ether oxygens (including phenoxy) is 1. The second kappa shape index (κ2) is 5.94. The zero-order valence-corrected chi connectivity index (χ0v) is 13.1. The number of furan rings is 1. The minimum Gasteiger partial charge on any atom is -0.465 e. The quantitative estimate of drug-likeness (QED) is 0.869. The Bertz CT molecular complexity index is 604. The standard InChI is InChI=1S/C18H24N2O2/c1-14-4-6-16(22-14)13-20-10-11-21-18-15(5-7-17(18)20)12-19-8-2-3-9-19/h2-4,6,8-9,15,17-18H,5,7,10-13H2,1H3/t15-,17+,18-/m1/s1. The summed E-state index contributed by atoms with van der Waals surface area (Å²) in [5, 5.41) is 0. The number of fused-ring (bicyclic) bond motifs is 1. The van der Waals surface area contributed by atoms with Gasteiger partial charge in [0, 0.05) is 37.4 Å². The van der Waals surface area contributed by atoms with Crippen LogP contribution in [-0.4, -0.2) is 34.8 Å². The van der Waals surface area contributed by atoms with Crippen LogP contribution in [0.4, 0.5) is 0 Å². The minimum absolute atomic E-state index is 0.368. The van der Waals surface area contributed by atoms with Crippen LogP contribution in [0.15, 0.2) is 41.1 Å². The van der Waals surface area contributed by atoms with Crippen molar-refractivity contribution in [3.8, 4) is 0 Å². The van der Waals surface area contributed by atoms with E-state index in [1.807, 2.05) is 6.92 Å². The van der Waals surface area contributed by atoms with Crippen LogP contribution >= 0.6 is 0 Å². The fraction of sp³-hybridized carbons (Fsp3) is 0.556. The normalized spacial score (nSPS) is 28.9. The summed E-state index contributed by atoms with van der Waals surface area (Å²) >= 11 is 0. The Hall–Kier alpha value is -1.52. The van der Waals surface area contributed by atoms with Gasteiger partial charge in [0.2, 0.25) is 0 Å². The van der Waals surface area contributed by atoms with E-state index in [0.29, 0.717) is 18.1 Å². The van der Waals surface area contributed by atoms with E-state index in [1.165, 1.54) is 12.8 Å². The van der Waals surface area contributed by atoms with Gasteiger partial charge in [-0.1, -0.05) is 0 Å². The SMILES string of the molecule is Cc1ccc(CN2CCO[C@@H]3[C@@H](Cn4cccc4)CC[C@@H]32)o1. The predicted octanol–water partition coefficient (Wildman–Crippen LogP) is 3.07. The minimum atomic E-state index is 0.368. The third-order valence-electron chi connectivity index (χ3n) is 5.10. The molecule has 1 saturated carbocycles. The van der Waals surface area contributed by atoms with E-state index in [0.717, 1.165) is 37.8 Å². The molecule has 0 radical (unpaired) electrons. The second-order valence-corrected chi connectivity index (χ2v) is 6.60. The molecule has 4 rings (SSSR count). The third-order valence-corrected chi connectivity index (χ3v) is 5.10. The Morgan fingerprint density at radius 1 is 1.18 bits per heavy atom. The van der Waals surface area contributed by atoms with Crippen molar-refractivity contribution in [2.24, 2.45) is 5.92 Å². The summed E-state index contributed by atoms with van der Waals surface area (Å²) in [4.78, 5) is 2.56. The van der Waals surface area contributed by atoms with Crippen LogP contribution in [0.25, 0.3) is 0 Å². The second-order valence-electron chi connectivity index (χ2n) is 6.60. The molecule has 2 aromatic rings. The van der Waals surface area contributed by atoms with Gasteiger partial charge in [0.1, 0.15) is 11.5 Å². The van der Waals surface area contributed by atoms with Gasteiger partial charge in [-0.15, -0.1) is 0 Å². The molecule has 3 atom stereocenters. The lowest BCUT2D eigenvalue weighted by Crippen LogP contribution is -2.50. The first-order valence-electron chi connectivity index (χ1n) is 8.31. The number of nitrogens with zero attached hydrogens (tertiary/aromatic N) is 2. The zero-order valence-electron chi connectivity index (χ0n) is 13.1. The van der Waals surface area contributed by atoms with Crippen molar-refractivity contribution in [1.82, 2.24) is 9.47 Å². The van der Waals surface area contributed by atoms with Crippen LogP contribution in [-0.2, 0) is 17.8 Å². The maximum Gasteiger partial charge on any atom is 0.118 e. The van der Waals surface area contributed by atoms with Gasteiger partial charge in [-0.3, -0.25) is 4.90 Å². The van der Waals surface area contributed by atoms with Gasteiger partial charge < -0.3 is 13.7 Å². The first-order chi connectivity index (χ1) is 10.8. The molecule has 2 aliphatic rings. The van der Waals surface area contributed by atoms with Crippen molar-refractivity contribution < 1.29 is 9.15 Å². The molecule has 0 spiro atoms. The zero-order chi connectivity index (χ0) is 14.9. The third kappa shape index (κ3) is 2.73. The van der Waals surface area contributed by atoms with E-state index >= 15 is 0 Å². The van der Waals surface area contributed by atoms with Crippen molar-refractivity contribution in [3.63, 3.8) is 0 Å². The number of aromatic nitrogens is 1. The van der Waals surface area contributed by atoms with Crippen LogP contribution in [0.2, 0.25) is 0 Å². The molecule has 0 unspecified atom stereocenters. The molecule has 0 amide bonds. The van der Waals surface area contributed by atoms with Crippen molar-refractivity contribution in [2.45, 2.75) is 45.0 Å². The lowest BCUT2D eigenvalue weighted by molar-refractivity contribution is -0.0801. The first-order valence-corrected chi connectivity index (χ1v) is 8.31. The monoisotopic (exact) mass is 300 g/mol. The van der Waals surface area contributed by atoms with E-state index in [-0.39, 0.29) is 0 Å². The molecule has 2 aromatic heterocycles. The Morgan fingerprint density at radius 3 is 2.82 bits per heavy atom. The smallest absolute Gasteiger partial charge is 0.118 e. The molecule has 1 aliphatic carbocycles. The number of aryl methyl sites for hydroxylation is 1. The average Bonchev–Trinajstić information content (AvgIpc) is 3.23. The lowest BCUT2D eigenvalue weighted by atomic mass is 10.0. The van der Waals surface area contributed by atoms with Crippen LogP contribution in [0.5, 0.6) is 0 Å². The van der Waals surface area contributed by atoms with Crippen molar-refractivity contribution in [1.29, 1.82) is 0 Å². The number of hydrogen-bond donors (Lipinski definition) is 0. The van der Waals surface area contributed by atoms with Crippen molar-refractivity contribution in [3.05, 3.63) is 48.2 Å². The summed E-state index contributed by atoms with van der Waals surface area (Å²) in [7, 11) is 0. The van der Waals surface area contributed by atoms with Crippen LogP contribution in [0.3, 0.4) is 0 Å². The lowest BCUT2D eigenvalue weighted by Gasteiger charge is -2.39. The Labute approximate surface area is 131 Å². The Balaban J connectivity index is 1.44. The molecule has 4 nitrogen and oxygen atoms in total. The number of morpholine rings is 1. The van der Waals surface area contributed by atoms with Crippen LogP contribution in [0.1, 0.15) is 24.4 Å². The summed E-state index contributed by atoms with van der Waals surface area (Å²) in [6, 6.07) is 8.89. The molecule has 1 saturated heterocycles. The van der Waals surface area contributed by atoms with Crippen molar-refractivity contribution >= 4 is 0 Å². The molecule has 4 heteroatoms. The molecule has 2 fully saturated rings. The highest BCUT2D eigenvalue weighted by Gasteiger charge is 2.42. The van der Waals surface area contributed by atoms with Gasteiger partial charge in [-0.05, 0) is 44.0 Å². The van der Waals surface area contributed by atoms with Crippen molar-refractivity contribution in [2.75, 3.05) is 13.2 Å². The van der Waals surface area contributed by atoms with Gasteiger partial charge in [-0.25, -0.2) is 0 Å². The summed E-state index contributed by atoms with van der Waals surface area (Å²) < 4.78 is 14.2. The molecule has 3 heterocycles. The molecule has 1 aliphatic heterocycles. The van der Waals surface area contributed by atoms with E-state index in [9.17, 15) is 0 Å². The van der Waals surface area contributed by atoms with Gasteiger partial charge in [0.25, 0.3) is 0 Å². The van der Waals surface area contributed by atoms with E-state index in [4.69, 9.17) is 9.15 Å². The Morgan fingerprint density at radius 2 is 2.05 bits per heavy atom. The fourth-order valence-corrected chi connectivity index (χ4v) is 4.06. The fourth-order valence-electron chi connectivity index (χ4n) is 4.06. The first kappa shape index (κ1) is 14.1. The summed E-state index contributed by atoms with van der Waals surface area (Å²) in [6.45, 7) is 5.84. The maximum absolute atomic E-state index is 6.15. The molecule has 0 N–H and O–H groups in total. The number of rotatable bonds is 4. The molecular formula is C18H24N2O2. The highest BCUT2D eigenvalue weighted by molar-refractivity contribution is 5.07. The van der Waals surface area contributed by atoms with Gasteiger partial charge in [0.15, 0.2) is 0 Å². The molecule has 0 aromatic carbocycles. The Kier molecular flexibility index (Phi) is 3.80. The molecular weight excluding hydrogens is 276 g/mol. The van der Waals surface area contributed by atoms with E-state index < -0.39 is 0 Å². The summed E-state index contributed by atoms with van der Waals surface area (Å²) in [5.74, 6) is 2.70. The molecule has 0 bridgehead atoms. The summed E-state index contributed by atoms with van der Waals surface area (Å²) in [6.07, 6.45) is 7.16. The topological polar surface area (TPSA) is 30.5 Å². The highest BCUT2D eigenvalue weighted by Crippen LogP contribution is 2.36. The van der Waals surface area contributed by atoms with E-state index in [2.05, 4.69) is 46.1 Å².